The summed E-state index contributed by atoms with van der Waals surface area (Å²) in [6, 6.07) is 9.32. The van der Waals surface area contributed by atoms with Crippen molar-refractivity contribution in [2.75, 3.05) is 0 Å². The fraction of sp³-hybridized carbons (Fsp3) is 0.200. The van der Waals surface area contributed by atoms with E-state index in [0.717, 1.165) is 22.4 Å². The molecule has 0 spiro atoms. The van der Waals surface area contributed by atoms with E-state index in [1.807, 2.05) is 31.2 Å². The number of rotatable bonds is 4. The van der Waals surface area contributed by atoms with Gasteiger partial charge in [0, 0.05) is 30.3 Å². The highest BCUT2D eigenvalue weighted by Gasteiger charge is 2.20. The molecule has 0 atom stereocenters. The Bertz CT molecular complexity index is 987. The lowest BCUT2D eigenvalue weighted by Crippen LogP contribution is -2.05. The Kier molecular flexibility index (Phi) is 4.16. The van der Waals surface area contributed by atoms with Crippen molar-refractivity contribution in [3.8, 4) is 5.75 Å². The number of ether oxygens (including phenoxy) is 1. The number of carbonyl (C=O) groups excluding carboxylic acids is 1. The number of aryl methyl sites for hydroxylation is 1. The van der Waals surface area contributed by atoms with Crippen LogP contribution < -0.4 is 4.74 Å². The first-order chi connectivity index (χ1) is 12.6. The first kappa shape index (κ1) is 16.3. The van der Waals surface area contributed by atoms with Crippen LogP contribution >= 0.6 is 0 Å². The molecule has 0 fully saturated rings. The van der Waals surface area contributed by atoms with E-state index in [1.165, 1.54) is 6.20 Å². The van der Waals surface area contributed by atoms with Crippen LogP contribution in [-0.4, -0.2) is 20.9 Å². The number of aromatic nitrogens is 3. The van der Waals surface area contributed by atoms with Gasteiger partial charge in [0.05, 0.1) is 18.3 Å². The van der Waals surface area contributed by atoms with Crippen molar-refractivity contribution in [3.63, 3.8) is 0 Å². The van der Waals surface area contributed by atoms with Crippen molar-refractivity contribution >= 4 is 5.97 Å². The summed E-state index contributed by atoms with van der Waals surface area (Å²) in [7, 11) is 0. The molecule has 1 aliphatic rings. The maximum absolute atomic E-state index is 14.2. The van der Waals surface area contributed by atoms with Gasteiger partial charge < -0.3 is 4.74 Å². The number of pyridine rings is 1. The summed E-state index contributed by atoms with van der Waals surface area (Å²) in [5.41, 5.74) is 3.95. The lowest BCUT2D eigenvalue weighted by Gasteiger charge is -2.07. The van der Waals surface area contributed by atoms with E-state index in [1.54, 1.807) is 12.3 Å². The van der Waals surface area contributed by atoms with Gasteiger partial charge in [0.2, 0.25) is 0 Å². The standard InChI is InChI=1S/C20H16FN3O2/c1-12-2-3-14(10-22-12)8-19-23-11-16(21)17(24-19)7-13-4-5-18-15(6-13)9-20(25)26-18/h2-6,10-11H,7-9H2,1H3. The number of nitrogens with zero attached hydrogens (tertiary/aromatic N) is 3. The molecule has 0 aliphatic carbocycles. The smallest absolute Gasteiger partial charge is 0.315 e. The van der Waals surface area contributed by atoms with Gasteiger partial charge in [-0.2, -0.15) is 0 Å². The average Bonchev–Trinajstić information content (AvgIpc) is 2.99. The minimum atomic E-state index is -0.441. The molecule has 0 saturated heterocycles. The lowest BCUT2D eigenvalue weighted by molar-refractivity contribution is -0.131. The molecule has 1 aromatic carbocycles. The van der Waals surface area contributed by atoms with Gasteiger partial charge in [0.25, 0.3) is 0 Å². The number of fused-ring (bicyclic) bond motifs is 1. The summed E-state index contributed by atoms with van der Waals surface area (Å²) >= 11 is 0. The highest BCUT2D eigenvalue weighted by Crippen LogP contribution is 2.27. The van der Waals surface area contributed by atoms with Gasteiger partial charge in [-0.25, -0.2) is 14.4 Å². The molecule has 4 rings (SSSR count). The van der Waals surface area contributed by atoms with Crippen molar-refractivity contribution in [2.24, 2.45) is 0 Å². The number of esters is 1. The summed E-state index contributed by atoms with van der Waals surface area (Å²) in [6.45, 7) is 1.92. The maximum Gasteiger partial charge on any atom is 0.315 e. The molecule has 0 radical (unpaired) electrons. The molecule has 0 bridgehead atoms. The van der Waals surface area contributed by atoms with Crippen LogP contribution in [-0.2, 0) is 24.1 Å². The molecule has 6 heteroatoms. The number of hydrogen-bond donors (Lipinski definition) is 0. The zero-order valence-corrected chi connectivity index (χ0v) is 14.2. The Balaban J connectivity index is 1.56. The van der Waals surface area contributed by atoms with Crippen LogP contribution in [0.1, 0.15) is 33.9 Å². The summed E-state index contributed by atoms with van der Waals surface area (Å²) in [5, 5.41) is 0. The Morgan fingerprint density at radius 2 is 1.92 bits per heavy atom. The molecule has 3 aromatic rings. The van der Waals surface area contributed by atoms with Gasteiger partial charge in [-0.1, -0.05) is 18.2 Å². The molecule has 5 nitrogen and oxygen atoms in total. The predicted octanol–water partition coefficient (Wildman–Crippen LogP) is 2.96. The first-order valence-corrected chi connectivity index (χ1v) is 8.31. The van der Waals surface area contributed by atoms with Crippen LogP contribution in [0.3, 0.4) is 0 Å². The minimum Gasteiger partial charge on any atom is -0.426 e. The molecule has 2 aromatic heterocycles. The third-order valence-electron chi connectivity index (χ3n) is 4.26. The van der Waals surface area contributed by atoms with Gasteiger partial charge in [-0.3, -0.25) is 9.78 Å². The van der Waals surface area contributed by atoms with E-state index in [0.29, 0.717) is 30.1 Å². The first-order valence-electron chi connectivity index (χ1n) is 8.31. The van der Waals surface area contributed by atoms with Crippen LogP contribution in [0, 0.1) is 12.7 Å². The SMILES string of the molecule is Cc1ccc(Cc2ncc(F)c(Cc3ccc4c(c3)CC(=O)O4)n2)cn1. The molecule has 0 N–H and O–H groups in total. The van der Waals surface area contributed by atoms with Crippen LogP contribution in [0.25, 0.3) is 0 Å². The Labute approximate surface area is 149 Å². The topological polar surface area (TPSA) is 65.0 Å². The molecule has 1 aliphatic heterocycles. The van der Waals surface area contributed by atoms with Crippen LogP contribution in [0.4, 0.5) is 4.39 Å². The third-order valence-corrected chi connectivity index (χ3v) is 4.26. The van der Waals surface area contributed by atoms with Crippen molar-refractivity contribution < 1.29 is 13.9 Å². The van der Waals surface area contributed by atoms with Gasteiger partial charge in [0.15, 0.2) is 5.82 Å². The Hall–Kier alpha value is -3.15. The van der Waals surface area contributed by atoms with Crippen LogP contribution in [0.15, 0.2) is 42.7 Å². The normalized spacial score (nSPS) is 12.8. The molecular weight excluding hydrogens is 333 g/mol. The van der Waals surface area contributed by atoms with E-state index < -0.39 is 5.82 Å². The lowest BCUT2D eigenvalue weighted by atomic mass is 10.0. The van der Waals surface area contributed by atoms with Crippen molar-refractivity contribution in [3.05, 3.63) is 82.4 Å². The highest BCUT2D eigenvalue weighted by molar-refractivity contribution is 5.81. The second-order valence-corrected chi connectivity index (χ2v) is 6.34. The zero-order valence-electron chi connectivity index (χ0n) is 14.2. The quantitative estimate of drug-likeness (QED) is 0.535. The van der Waals surface area contributed by atoms with Gasteiger partial charge in [-0.15, -0.1) is 0 Å². The Morgan fingerprint density at radius 1 is 1.08 bits per heavy atom. The predicted molar refractivity (Wildman–Crippen MR) is 92.4 cm³/mol. The van der Waals surface area contributed by atoms with Gasteiger partial charge in [-0.05, 0) is 30.2 Å². The number of benzene rings is 1. The summed E-state index contributed by atoms with van der Waals surface area (Å²) < 4.78 is 19.3. The van der Waals surface area contributed by atoms with Gasteiger partial charge >= 0.3 is 5.97 Å². The number of hydrogen-bond acceptors (Lipinski definition) is 5. The highest BCUT2D eigenvalue weighted by atomic mass is 19.1. The number of carbonyl (C=O) groups is 1. The zero-order chi connectivity index (χ0) is 18.1. The fourth-order valence-electron chi connectivity index (χ4n) is 2.93. The summed E-state index contributed by atoms with van der Waals surface area (Å²) in [6.07, 6.45) is 4.06. The second-order valence-electron chi connectivity index (χ2n) is 6.34. The van der Waals surface area contributed by atoms with E-state index in [-0.39, 0.29) is 12.4 Å². The largest absolute Gasteiger partial charge is 0.426 e. The maximum atomic E-state index is 14.2. The Morgan fingerprint density at radius 3 is 2.73 bits per heavy atom. The van der Waals surface area contributed by atoms with E-state index in [9.17, 15) is 9.18 Å². The van der Waals surface area contributed by atoms with Gasteiger partial charge in [0.1, 0.15) is 11.6 Å². The molecule has 0 saturated carbocycles. The molecule has 3 heterocycles. The van der Waals surface area contributed by atoms with E-state index >= 15 is 0 Å². The number of halogens is 1. The second kappa shape index (κ2) is 6.63. The summed E-state index contributed by atoms with van der Waals surface area (Å²) in [4.78, 5) is 24.1. The average molecular weight is 349 g/mol. The summed E-state index contributed by atoms with van der Waals surface area (Å²) in [5.74, 6) is 0.421. The van der Waals surface area contributed by atoms with Crippen LogP contribution in [0.2, 0.25) is 0 Å². The molecule has 0 unspecified atom stereocenters. The van der Waals surface area contributed by atoms with E-state index in [4.69, 9.17) is 4.74 Å². The van der Waals surface area contributed by atoms with Crippen molar-refractivity contribution in [1.29, 1.82) is 0 Å². The third kappa shape index (κ3) is 3.44. The molecular formula is C20H16FN3O2. The molecule has 130 valence electrons. The van der Waals surface area contributed by atoms with E-state index in [2.05, 4.69) is 15.0 Å². The fourth-order valence-corrected chi connectivity index (χ4v) is 2.93. The minimum absolute atomic E-state index is 0.251. The van der Waals surface area contributed by atoms with Crippen LogP contribution in [0.5, 0.6) is 5.75 Å². The van der Waals surface area contributed by atoms with Crippen molar-refractivity contribution in [1.82, 2.24) is 15.0 Å². The van der Waals surface area contributed by atoms with Crippen molar-refractivity contribution in [2.45, 2.75) is 26.2 Å². The molecule has 0 amide bonds. The molecule has 26 heavy (non-hydrogen) atoms. The monoisotopic (exact) mass is 349 g/mol.